The van der Waals surface area contributed by atoms with Crippen LogP contribution in [-0.2, 0) is 16.0 Å². The molecule has 1 N–H and O–H groups in total. The van der Waals surface area contributed by atoms with E-state index in [9.17, 15) is 9.59 Å². The molecule has 0 unspecified atom stereocenters. The number of carbonyl (C=O) groups is 2. The fraction of sp³-hybridized carbons (Fsp3) is 0.333. The molecule has 2 aromatic carbocycles. The van der Waals surface area contributed by atoms with Crippen molar-refractivity contribution in [1.82, 2.24) is 4.90 Å². The Bertz CT molecular complexity index is 850. The molecule has 1 aliphatic rings. The number of ether oxygens (including phenoxy) is 2. The molecule has 3 rings (SSSR count). The molecule has 0 atom stereocenters. The summed E-state index contributed by atoms with van der Waals surface area (Å²) in [4.78, 5) is 26.6. The van der Waals surface area contributed by atoms with Crippen LogP contribution >= 0.6 is 11.6 Å². The van der Waals surface area contributed by atoms with Crippen LogP contribution in [0.4, 0.5) is 5.69 Å². The highest BCUT2D eigenvalue weighted by Crippen LogP contribution is 2.25. The van der Waals surface area contributed by atoms with Crippen molar-refractivity contribution in [3.63, 3.8) is 0 Å². The van der Waals surface area contributed by atoms with Crippen LogP contribution in [0.15, 0.2) is 42.5 Å². The first kappa shape index (κ1) is 20.2. The molecule has 0 aromatic heterocycles. The number of benzene rings is 2. The molecule has 7 heteroatoms. The zero-order valence-electron chi connectivity index (χ0n) is 15.7. The molecule has 0 spiro atoms. The van der Waals surface area contributed by atoms with Crippen LogP contribution in [0.25, 0.3) is 0 Å². The number of amides is 2. The molecule has 0 saturated carbocycles. The number of hydrogen-bond acceptors (Lipinski definition) is 4. The Morgan fingerprint density at radius 2 is 1.96 bits per heavy atom. The molecular weight excluding hydrogens is 380 g/mol. The predicted molar refractivity (Wildman–Crippen MR) is 108 cm³/mol. The van der Waals surface area contributed by atoms with Gasteiger partial charge in [0, 0.05) is 30.8 Å². The summed E-state index contributed by atoms with van der Waals surface area (Å²) in [5.41, 5.74) is 2.12. The minimum atomic E-state index is -0.122. The average Bonchev–Trinajstić information content (AvgIpc) is 2.72. The minimum Gasteiger partial charge on any atom is -0.495 e. The van der Waals surface area contributed by atoms with E-state index in [0.29, 0.717) is 61.2 Å². The van der Waals surface area contributed by atoms with Crippen LogP contribution in [-0.4, -0.2) is 50.1 Å². The summed E-state index contributed by atoms with van der Waals surface area (Å²) in [5, 5.41) is 3.38. The van der Waals surface area contributed by atoms with Crippen LogP contribution in [0.5, 0.6) is 5.75 Å². The molecule has 1 saturated heterocycles. The first-order valence-corrected chi connectivity index (χ1v) is 9.54. The van der Waals surface area contributed by atoms with E-state index in [-0.39, 0.29) is 11.8 Å². The molecule has 2 amide bonds. The van der Waals surface area contributed by atoms with E-state index in [2.05, 4.69) is 5.32 Å². The Kier molecular flexibility index (Phi) is 6.90. The third kappa shape index (κ3) is 5.24. The van der Waals surface area contributed by atoms with Gasteiger partial charge in [-0.15, -0.1) is 0 Å². The lowest BCUT2D eigenvalue weighted by atomic mass is 10.1. The molecule has 1 aliphatic heterocycles. The van der Waals surface area contributed by atoms with Crippen molar-refractivity contribution in [3.05, 3.63) is 58.6 Å². The number of nitrogens with zero attached hydrogens (tertiary/aromatic N) is 1. The molecule has 148 valence electrons. The van der Waals surface area contributed by atoms with Gasteiger partial charge in [0.1, 0.15) is 5.75 Å². The molecule has 0 aliphatic carbocycles. The van der Waals surface area contributed by atoms with Crippen molar-refractivity contribution in [3.8, 4) is 5.75 Å². The maximum absolute atomic E-state index is 12.6. The third-order valence-electron chi connectivity index (χ3n) is 4.55. The second-order valence-corrected chi connectivity index (χ2v) is 6.91. The smallest absolute Gasteiger partial charge is 0.254 e. The summed E-state index contributed by atoms with van der Waals surface area (Å²) in [6.07, 6.45) is 0.867. The van der Waals surface area contributed by atoms with E-state index in [1.165, 1.54) is 0 Å². The van der Waals surface area contributed by atoms with Gasteiger partial charge in [0.25, 0.3) is 5.91 Å². The summed E-state index contributed by atoms with van der Waals surface area (Å²) in [7, 11) is 1.56. The Hall–Kier alpha value is -2.57. The lowest BCUT2D eigenvalue weighted by molar-refractivity contribution is -0.116. The first-order valence-electron chi connectivity index (χ1n) is 9.16. The second-order valence-electron chi connectivity index (χ2n) is 6.50. The number of carbonyl (C=O) groups excluding carboxylic acids is 2. The van der Waals surface area contributed by atoms with E-state index >= 15 is 0 Å². The Morgan fingerprint density at radius 3 is 2.68 bits per heavy atom. The monoisotopic (exact) mass is 402 g/mol. The summed E-state index contributed by atoms with van der Waals surface area (Å²) in [6.45, 7) is 2.27. The van der Waals surface area contributed by atoms with Crippen molar-refractivity contribution < 1.29 is 19.1 Å². The summed E-state index contributed by atoms with van der Waals surface area (Å²) < 4.78 is 10.4. The number of morpholine rings is 1. The summed E-state index contributed by atoms with van der Waals surface area (Å²) in [6, 6.07) is 12.5. The largest absolute Gasteiger partial charge is 0.495 e. The molecule has 1 fully saturated rings. The van der Waals surface area contributed by atoms with Gasteiger partial charge in [0.2, 0.25) is 5.91 Å². The molecule has 1 heterocycles. The fourth-order valence-corrected chi connectivity index (χ4v) is 3.31. The van der Waals surface area contributed by atoms with Crippen molar-refractivity contribution in [1.29, 1.82) is 0 Å². The number of methoxy groups -OCH3 is 1. The van der Waals surface area contributed by atoms with Gasteiger partial charge in [-0.3, -0.25) is 9.59 Å². The van der Waals surface area contributed by atoms with Crippen LogP contribution in [0.2, 0.25) is 5.02 Å². The number of rotatable bonds is 6. The van der Waals surface area contributed by atoms with Crippen molar-refractivity contribution in [2.75, 3.05) is 38.7 Å². The number of anilines is 1. The van der Waals surface area contributed by atoms with Gasteiger partial charge < -0.3 is 19.7 Å². The lowest BCUT2D eigenvalue weighted by Gasteiger charge is -2.27. The minimum absolute atomic E-state index is 0.0488. The van der Waals surface area contributed by atoms with Gasteiger partial charge in [-0.1, -0.05) is 23.7 Å². The van der Waals surface area contributed by atoms with E-state index in [1.54, 1.807) is 48.4 Å². The van der Waals surface area contributed by atoms with E-state index in [4.69, 9.17) is 21.1 Å². The summed E-state index contributed by atoms with van der Waals surface area (Å²) in [5.74, 6) is 0.437. The predicted octanol–water partition coefficient (Wildman–Crippen LogP) is 3.39. The quantitative estimate of drug-likeness (QED) is 0.804. The normalized spacial score (nSPS) is 13.9. The average molecular weight is 403 g/mol. The second kappa shape index (κ2) is 9.57. The van der Waals surface area contributed by atoms with Crippen molar-refractivity contribution in [2.45, 2.75) is 12.8 Å². The van der Waals surface area contributed by atoms with Crippen LogP contribution in [0, 0.1) is 0 Å². The number of halogens is 1. The standard InChI is InChI=1S/C21H23ClN2O4/c1-27-19-7-5-15(13-18(19)22)6-8-20(25)23-17-4-2-3-16(14-17)21(26)24-9-11-28-12-10-24/h2-5,7,13-14H,6,8-12H2,1H3,(H,23,25). The van der Waals surface area contributed by atoms with Gasteiger partial charge in [-0.25, -0.2) is 0 Å². The van der Waals surface area contributed by atoms with Crippen molar-refractivity contribution in [2.24, 2.45) is 0 Å². The Labute approximate surface area is 169 Å². The highest BCUT2D eigenvalue weighted by Gasteiger charge is 2.18. The van der Waals surface area contributed by atoms with Gasteiger partial charge in [0.05, 0.1) is 25.3 Å². The molecular formula is C21H23ClN2O4. The summed E-state index contributed by atoms with van der Waals surface area (Å²) >= 11 is 6.12. The van der Waals surface area contributed by atoms with Crippen LogP contribution < -0.4 is 10.1 Å². The highest BCUT2D eigenvalue weighted by molar-refractivity contribution is 6.32. The van der Waals surface area contributed by atoms with Crippen LogP contribution in [0.3, 0.4) is 0 Å². The van der Waals surface area contributed by atoms with E-state index in [1.807, 2.05) is 6.07 Å². The zero-order chi connectivity index (χ0) is 19.9. The van der Waals surface area contributed by atoms with Crippen molar-refractivity contribution >= 4 is 29.1 Å². The molecule has 2 aromatic rings. The highest BCUT2D eigenvalue weighted by atomic mass is 35.5. The maximum atomic E-state index is 12.6. The van der Waals surface area contributed by atoms with E-state index in [0.717, 1.165) is 5.56 Å². The lowest BCUT2D eigenvalue weighted by Crippen LogP contribution is -2.40. The van der Waals surface area contributed by atoms with Gasteiger partial charge in [0.15, 0.2) is 0 Å². The van der Waals surface area contributed by atoms with Gasteiger partial charge in [-0.05, 0) is 42.3 Å². The Balaban J connectivity index is 1.56. The topological polar surface area (TPSA) is 67.9 Å². The number of hydrogen-bond donors (Lipinski definition) is 1. The molecule has 6 nitrogen and oxygen atoms in total. The molecule has 0 radical (unpaired) electrons. The van der Waals surface area contributed by atoms with E-state index < -0.39 is 0 Å². The molecule has 28 heavy (non-hydrogen) atoms. The molecule has 0 bridgehead atoms. The van der Waals surface area contributed by atoms with Crippen LogP contribution in [0.1, 0.15) is 22.3 Å². The Morgan fingerprint density at radius 1 is 1.18 bits per heavy atom. The first-order chi connectivity index (χ1) is 13.6. The SMILES string of the molecule is COc1ccc(CCC(=O)Nc2cccc(C(=O)N3CCOCC3)c2)cc1Cl. The number of nitrogens with one attached hydrogen (secondary N) is 1. The zero-order valence-corrected chi connectivity index (χ0v) is 16.5. The van der Waals surface area contributed by atoms with Gasteiger partial charge >= 0.3 is 0 Å². The maximum Gasteiger partial charge on any atom is 0.254 e. The third-order valence-corrected chi connectivity index (χ3v) is 4.84. The van der Waals surface area contributed by atoms with Gasteiger partial charge in [-0.2, -0.15) is 0 Å². The fourth-order valence-electron chi connectivity index (χ4n) is 3.03. The number of aryl methyl sites for hydroxylation is 1.